The van der Waals surface area contributed by atoms with Crippen molar-refractivity contribution in [1.29, 1.82) is 0 Å². The second-order valence-electron chi connectivity index (χ2n) is 7.34. The van der Waals surface area contributed by atoms with E-state index >= 15 is 0 Å². The Hall–Kier alpha value is -4.07. The summed E-state index contributed by atoms with van der Waals surface area (Å²) in [5.41, 5.74) is 3.38. The maximum atomic E-state index is 11.2. The lowest BCUT2D eigenvalue weighted by molar-refractivity contribution is 0.0696. The Balaban J connectivity index is 1.63. The molecule has 0 atom stereocenters. The van der Waals surface area contributed by atoms with Crippen molar-refractivity contribution in [2.24, 2.45) is 7.05 Å². The Morgan fingerprint density at radius 3 is 2.56 bits per heavy atom. The normalized spacial score (nSPS) is 10.9. The molecule has 2 heterocycles. The third kappa shape index (κ3) is 4.20. The van der Waals surface area contributed by atoms with Crippen molar-refractivity contribution >= 4 is 17.0 Å². The van der Waals surface area contributed by atoms with E-state index in [9.17, 15) is 4.79 Å². The van der Waals surface area contributed by atoms with Gasteiger partial charge in [-0.3, -0.25) is 4.98 Å². The van der Waals surface area contributed by atoms with Crippen LogP contribution >= 0.6 is 0 Å². The van der Waals surface area contributed by atoms with E-state index in [2.05, 4.69) is 9.97 Å². The van der Waals surface area contributed by atoms with Crippen LogP contribution in [0.4, 0.5) is 0 Å². The Kier molecular flexibility index (Phi) is 5.68. The molecular weight excluding hydrogens is 410 g/mol. The molecular formula is C24H23N3O5. The number of rotatable bonds is 7. The first-order chi connectivity index (χ1) is 15.4. The van der Waals surface area contributed by atoms with E-state index < -0.39 is 5.97 Å². The predicted molar refractivity (Wildman–Crippen MR) is 119 cm³/mol. The number of aromatic nitrogens is 3. The van der Waals surface area contributed by atoms with Gasteiger partial charge in [-0.05, 0) is 44.2 Å². The topological polar surface area (TPSA) is 95.7 Å². The molecule has 0 spiro atoms. The molecule has 0 fully saturated rings. The maximum Gasteiger partial charge on any atom is 0.335 e. The highest BCUT2D eigenvalue weighted by Gasteiger charge is 2.16. The largest absolute Gasteiger partial charge is 0.494 e. The molecule has 0 amide bonds. The summed E-state index contributed by atoms with van der Waals surface area (Å²) < 4.78 is 19.3. The van der Waals surface area contributed by atoms with Crippen molar-refractivity contribution in [3.63, 3.8) is 0 Å². The fourth-order valence-electron chi connectivity index (χ4n) is 3.40. The molecule has 1 N–H and O–H groups in total. The number of aryl methyl sites for hydroxylation is 3. The van der Waals surface area contributed by atoms with E-state index in [1.165, 1.54) is 12.1 Å². The van der Waals surface area contributed by atoms with Gasteiger partial charge in [0.05, 0.1) is 23.9 Å². The van der Waals surface area contributed by atoms with Crippen molar-refractivity contribution in [1.82, 2.24) is 14.5 Å². The second-order valence-corrected chi connectivity index (χ2v) is 7.34. The average molecular weight is 433 g/mol. The SMILES string of the molecule is COc1cc(Oc2ccc(C)nc2C)cc2c1nc(COc1cccc(C(=O)O)c1)n2C. The van der Waals surface area contributed by atoms with Gasteiger partial charge in [-0.2, -0.15) is 0 Å². The first kappa shape index (κ1) is 21.2. The van der Waals surface area contributed by atoms with Gasteiger partial charge in [-0.15, -0.1) is 0 Å². The van der Waals surface area contributed by atoms with E-state index in [0.717, 1.165) is 16.9 Å². The van der Waals surface area contributed by atoms with Crippen molar-refractivity contribution in [3.05, 3.63) is 71.3 Å². The predicted octanol–water partition coefficient (Wildman–Crippen LogP) is 4.66. The van der Waals surface area contributed by atoms with E-state index in [-0.39, 0.29) is 12.2 Å². The minimum Gasteiger partial charge on any atom is -0.494 e. The molecule has 0 saturated carbocycles. The fraction of sp³-hybridized carbons (Fsp3) is 0.208. The van der Waals surface area contributed by atoms with E-state index in [1.807, 2.05) is 43.7 Å². The number of hydrogen-bond donors (Lipinski definition) is 1. The number of pyridine rings is 1. The number of hydrogen-bond acceptors (Lipinski definition) is 6. The molecule has 2 aromatic carbocycles. The summed E-state index contributed by atoms with van der Waals surface area (Å²) in [6.07, 6.45) is 0. The van der Waals surface area contributed by atoms with Gasteiger partial charge in [0.25, 0.3) is 0 Å². The van der Waals surface area contributed by atoms with Crippen LogP contribution in [0.15, 0.2) is 48.5 Å². The maximum absolute atomic E-state index is 11.2. The summed E-state index contributed by atoms with van der Waals surface area (Å²) in [6.45, 7) is 3.99. The van der Waals surface area contributed by atoms with Gasteiger partial charge in [0.15, 0.2) is 0 Å². The summed E-state index contributed by atoms with van der Waals surface area (Å²) in [6, 6.07) is 13.8. The molecule has 0 bridgehead atoms. The van der Waals surface area contributed by atoms with Crippen LogP contribution in [-0.2, 0) is 13.7 Å². The zero-order valence-electron chi connectivity index (χ0n) is 18.2. The molecule has 4 aromatic rings. The molecule has 0 aliphatic rings. The molecule has 0 aliphatic carbocycles. The highest BCUT2D eigenvalue weighted by molar-refractivity contribution is 5.88. The van der Waals surface area contributed by atoms with E-state index in [1.54, 1.807) is 25.3 Å². The molecule has 0 aliphatic heterocycles. The van der Waals surface area contributed by atoms with Gasteiger partial charge in [0, 0.05) is 24.9 Å². The molecule has 4 rings (SSSR count). The van der Waals surface area contributed by atoms with Gasteiger partial charge < -0.3 is 23.9 Å². The van der Waals surface area contributed by atoms with Crippen LogP contribution in [0, 0.1) is 13.8 Å². The van der Waals surface area contributed by atoms with E-state index in [4.69, 9.17) is 19.3 Å². The van der Waals surface area contributed by atoms with Crippen LogP contribution < -0.4 is 14.2 Å². The van der Waals surface area contributed by atoms with Crippen molar-refractivity contribution in [2.45, 2.75) is 20.5 Å². The average Bonchev–Trinajstić information content (AvgIpc) is 3.09. The third-order valence-electron chi connectivity index (χ3n) is 5.09. The summed E-state index contributed by atoms with van der Waals surface area (Å²) in [7, 11) is 3.46. The first-order valence-electron chi connectivity index (χ1n) is 9.97. The summed E-state index contributed by atoms with van der Waals surface area (Å²) in [5, 5.41) is 9.15. The Bertz CT molecular complexity index is 1310. The quantitative estimate of drug-likeness (QED) is 0.453. The molecule has 8 heteroatoms. The van der Waals surface area contributed by atoms with Crippen LogP contribution in [0.2, 0.25) is 0 Å². The number of carboxylic acids is 1. The van der Waals surface area contributed by atoms with Gasteiger partial charge in [0.1, 0.15) is 40.9 Å². The summed E-state index contributed by atoms with van der Waals surface area (Å²) in [4.78, 5) is 20.3. The molecule has 0 radical (unpaired) electrons. The van der Waals surface area contributed by atoms with Crippen molar-refractivity contribution < 1.29 is 24.1 Å². The number of benzene rings is 2. The van der Waals surface area contributed by atoms with Gasteiger partial charge >= 0.3 is 5.97 Å². The minimum atomic E-state index is -1.01. The van der Waals surface area contributed by atoms with Crippen LogP contribution in [0.25, 0.3) is 11.0 Å². The summed E-state index contributed by atoms with van der Waals surface area (Å²) >= 11 is 0. The smallest absolute Gasteiger partial charge is 0.335 e. The van der Waals surface area contributed by atoms with Gasteiger partial charge in [-0.1, -0.05) is 6.07 Å². The van der Waals surface area contributed by atoms with Crippen LogP contribution in [-0.4, -0.2) is 32.7 Å². The molecule has 2 aromatic heterocycles. The Morgan fingerprint density at radius 1 is 1.03 bits per heavy atom. The fourth-order valence-corrected chi connectivity index (χ4v) is 3.40. The zero-order valence-corrected chi connectivity index (χ0v) is 18.2. The Morgan fingerprint density at radius 2 is 1.84 bits per heavy atom. The van der Waals surface area contributed by atoms with Crippen molar-refractivity contribution in [2.75, 3.05) is 7.11 Å². The lowest BCUT2D eigenvalue weighted by Crippen LogP contribution is -2.04. The molecule has 8 nitrogen and oxygen atoms in total. The highest BCUT2D eigenvalue weighted by Crippen LogP contribution is 2.34. The molecule has 32 heavy (non-hydrogen) atoms. The minimum absolute atomic E-state index is 0.161. The standard InChI is InChI=1S/C24H23N3O5/c1-14-8-9-20(15(2)25-14)32-18-11-19-23(21(12-18)30-4)26-22(27(19)3)13-31-17-7-5-6-16(10-17)24(28)29/h5-12H,13H2,1-4H3,(H,28,29). The molecule has 0 saturated heterocycles. The van der Waals surface area contributed by atoms with Crippen LogP contribution in [0.1, 0.15) is 27.6 Å². The Labute approximate surface area is 185 Å². The number of carboxylic acid groups (broad SMARTS) is 1. The van der Waals surface area contributed by atoms with Crippen LogP contribution in [0.3, 0.4) is 0 Å². The van der Waals surface area contributed by atoms with Crippen LogP contribution in [0.5, 0.6) is 23.0 Å². The lowest BCUT2D eigenvalue weighted by Gasteiger charge is -2.11. The first-order valence-corrected chi connectivity index (χ1v) is 9.97. The number of nitrogens with zero attached hydrogens (tertiary/aromatic N) is 3. The number of fused-ring (bicyclic) bond motifs is 1. The number of aromatic carboxylic acids is 1. The third-order valence-corrected chi connectivity index (χ3v) is 5.09. The number of imidazole rings is 1. The monoisotopic (exact) mass is 433 g/mol. The van der Waals surface area contributed by atoms with E-state index in [0.29, 0.717) is 34.3 Å². The summed E-state index contributed by atoms with van der Waals surface area (Å²) in [5.74, 6) is 1.95. The molecule has 0 unspecified atom stereocenters. The number of ether oxygens (including phenoxy) is 3. The number of carbonyl (C=O) groups is 1. The van der Waals surface area contributed by atoms with Gasteiger partial charge in [-0.25, -0.2) is 9.78 Å². The molecule has 164 valence electrons. The highest BCUT2D eigenvalue weighted by atomic mass is 16.5. The lowest BCUT2D eigenvalue weighted by atomic mass is 10.2. The second kappa shape index (κ2) is 8.58. The zero-order chi connectivity index (χ0) is 22.8. The van der Waals surface area contributed by atoms with Crippen molar-refractivity contribution in [3.8, 4) is 23.0 Å². The van der Waals surface area contributed by atoms with Gasteiger partial charge in [0.2, 0.25) is 0 Å². The number of methoxy groups -OCH3 is 1.